The van der Waals surface area contributed by atoms with Crippen LogP contribution in [0.4, 0.5) is 20.0 Å². The van der Waals surface area contributed by atoms with Crippen molar-refractivity contribution in [1.82, 2.24) is 4.98 Å². The molecule has 2 amide bonds. The normalized spacial score (nSPS) is 14.0. The molecule has 30 heavy (non-hydrogen) atoms. The highest BCUT2D eigenvalue weighted by atomic mass is 35.5. The second kappa shape index (κ2) is 11.0. The molecule has 0 atom stereocenters. The molecular formula is C20H23ClFN3O3S2. The molecule has 1 fully saturated rings. The summed E-state index contributed by atoms with van der Waals surface area (Å²) < 4.78 is 20.3. The standard InChI is InChI=1S/C20H23ClFN3O3S2/c1-2-28-16(26)12-29-17-10-23-19(30-17)24-20(27)25(11-13-6-3-4-7-13)15-9-5-8-14(21)18(15)22/h5,8-10,13H,2-4,6-7,11-12H2,1H3,(H,23,24,27). The number of esters is 1. The molecule has 1 N–H and O–H groups in total. The van der Waals surface area contributed by atoms with Crippen LogP contribution in [0.3, 0.4) is 0 Å². The summed E-state index contributed by atoms with van der Waals surface area (Å²) in [4.78, 5) is 30.1. The lowest BCUT2D eigenvalue weighted by molar-refractivity contribution is -0.139. The fraction of sp³-hybridized carbons (Fsp3) is 0.450. The largest absolute Gasteiger partial charge is 0.465 e. The maximum Gasteiger partial charge on any atom is 0.328 e. The molecule has 0 bridgehead atoms. The van der Waals surface area contributed by atoms with Crippen LogP contribution in [0.15, 0.2) is 28.6 Å². The van der Waals surface area contributed by atoms with Crippen LogP contribution in [-0.4, -0.2) is 35.9 Å². The zero-order valence-electron chi connectivity index (χ0n) is 16.5. The van der Waals surface area contributed by atoms with Crippen LogP contribution >= 0.6 is 34.7 Å². The summed E-state index contributed by atoms with van der Waals surface area (Å²) in [6.45, 7) is 2.50. The molecule has 162 valence electrons. The molecule has 1 heterocycles. The number of hydrogen-bond donors (Lipinski definition) is 1. The average Bonchev–Trinajstić information content (AvgIpc) is 3.39. The van der Waals surface area contributed by atoms with Gasteiger partial charge in [0.05, 0.1) is 33.5 Å². The number of rotatable bonds is 8. The third kappa shape index (κ3) is 6.09. The van der Waals surface area contributed by atoms with Gasteiger partial charge in [-0.25, -0.2) is 14.2 Å². The molecule has 1 aromatic heterocycles. The Morgan fingerprint density at radius 2 is 2.17 bits per heavy atom. The first-order valence-corrected chi connectivity index (χ1v) is 11.9. The number of amides is 2. The molecule has 3 rings (SSSR count). The number of benzene rings is 1. The monoisotopic (exact) mass is 471 g/mol. The number of aromatic nitrogens is 1. The Bertz CT molecular complexity index is 890. The molecule has 1 aliphatic carbocycles. The molecule has 2 aromatic rings. The van der Waals surface area contributed by atoms with Gasteiger partial charge < -0.3 is 4.74 Å². The first-order chi connectivity index (χ1) is 14.5. The number of carbonyl (C=O) groups is 2. The van der Waals surface area contributed by atoms with Gasteiger partial charge in [-0.15, -0.1) is 11.8 Å². The van der Waals surface area contributed by atoms with E-state index in [1.54, 1.807) is 25.3 Å². The van der Waals surface area contributed by atoms with Crippen molar-refractivity contribution in [3.63, 3.8) is 0 Å². The summed E-state index contributed by atoms with van der Waals surface area (Å²) >= 11 is 8.48. The number of anilines is 2. The lowest BCUT2D eigenvalue weighted by atomic mass is 10.1. The molecule has 1 saturated carbocycles. The number of carbonyl (C=O) groups excluding carboxylic acids is 2. The van der Waals surface area contributed by atoms with Crippen LogP contribution in [0.1, 0.15) is 32.6 Å². The number of urea groups is 1. The Balaban J connectivity index is 1.70. The van der Waals surface area contributed by atoms with E-state index in [0.29, 0.717) is 24.2 Å². The molecule has 1 aromatic carbocycles. The van der Waals surface area contributed by atoms with Gasteiger partial charge in [0.1, 0.15) is 0 Å². The van der Waals surface area contributed by atoms with E-state index in [0.717, 1.165) is 29.9 Å². The number of nitrogens with one attached hydrogen (secondary N) is 1. The first-order valence-electron chi connectivity index (χ1n) is 9.74. The Hall–Kier alpha value is -1.84. The van der Waals surface area contributed by atoms with Crippen molar-refractivity contribution >= 4 is 57.5 Å². The van der Waals surface area contributed by atoms with E-state index >= 15 is 0 Å². The highest BCUT2D eigenvalue weighted by molar-refractivity contribution is 8.01. The molecule has 0 unspecified atom stereocenters. The SMILES string of the molecule is CCOC(=O)CSc1cnc(NC(=O)N(CC2CCCC2)c2cccc(Cl)c2F)s1. The van der Waals surface area contributed by atoms with Crippen molar-refractivity contribution in [1.29, 1.82) is 0 Å². The minimum absolute atomic E-state index is 0.0244. The fourth-order valence-electron chi connectivity index (χ4n) is 3.32. The number of halogens is 2. The van der Waals surface area contributed by atoms with E-state index in [4.69, 9.17) is 16.3 Å². The van der Waals surface area contributed by atoms with Crippen molar-refractivity contribution in [3.05, 3.63) is 35.2 Å². The van der Waals surface area contributed by atoms with E-state index in [1.165, 1.54) is 34.1 Å². The average molecular weight is 472 g/mol. The predicted octanol–water partition coefficient (Wildman–Crippen LogP) is 5.82. The Morgan fingerprint density at radius 1 is 1.40 bits per heavy atom. The minimum atomic E-state index is -0.614. The predicted molar refractivity (Wildman–Crippen MR) is 119 cm³/mol. The zero-order chi connectivity index (χ0) is 21.5. The maximum absolute atomic E-state index is 14.7. The Morgan fingerprint density at radius 3 is 2.90 bits per heavy atom. The van der Waals surface area contributed by atoms with E-state index < -0.39 is 11.8 Å². The van der Waals surface area contributed by atoms with Gasteiger partial charge in [-0.1, -0.05) is 41.8 Å². The highest BCUT2D eigenvalue weighted by Gasteiger charge is 2.26. The topological polar surface area (TPSA) is 71.5 Å². The minimum Gasteiger partial charge on any atom is -0.465 e. The van der Waals surface area contributed by atoms with E-state index in [2.05, 4.69) is 10.3 Å². The number of thiazole rings is 1. The number of nitrogens with zero attached hydrogens (tertiary/aromatic N) is 2. The lowest BCUT2D eigenvalue weighted by Crippen LogP contribution is -2.38. The number of thioether (sulfide) groups is 1. The van der Waals surface area contributed by atoms with Gasteiger partial charge in [0, 0.05) is 6.54 Å². The first kappa shape index (κ1) is 22.8. The van der Waals surface area contributed by atoms with Crippen molar-refractivity contribution in [2.45, 2.75) is 36.8 Å². The van der Waals surface area contributed by atoms with Gasteiger partial charge in [-0.05, 0) is 37.8 Å². The van der Waals surface area contributed by atoms with Gasteiger partial charge in [-0.2, -0.15) is 0 Å². The summed E-state index contributed by atoms with van der Waals surface area (Å²) in [5, 5.41) is 3.10. The Kier molecular flexibility index (Phi) is 8.35. The Labute approximate surface area is 188 Å². The number of ether oxygens (including phenoxy) is 1. The van der Waals surface area contributed by atoms with Crippen LogP contribution in [0.25, 0.3) is 0 Å². The summed E-state index contributed by atoms with van der Waals surface area (Å²) in [5.41, 5.74) is 0.153. The molecule has 1 aliphatic rings. The molecule has 0 aliphatic heterocycles. The lowest BCUT2D eigenvalue weighted by Gasteiger charge is -2.26. The van der Waals surface area contributed by atoms with Crippen LogP contribution in [0, 0.1) is 11.7 Å². The summed E-state index contributed by atoms with van der Waals surface area (Å²) in [7, 11) is 0. The van der Waals surface area contributed by atoms with Crippen LogP contribution in [0.5, 0.6) is 0 Å². The van der Waals surface area contributed by atoms with Crippen LogP contribution in [0.2, 0.25) is 5.02 Å². The van der Waals surface area contributed by atoms with Crippen molar-refractivity contribution in [3.8, 4) is 0 Å². The van der Waals surface area contributed by atoms with E-state index in [9.17, 15) is 14.0 Å². The summed E-state index contributed by atoms with van der Waals surface area (Å²) in [5.74, 6) is -0.427. The molecule has 0 radical (unpaired) electrons. The number of hydrogen-bond acceptors (Lipinski definition) is 6. The van der Waals surface area contributed by atoms with Gasteiger partial charge in [0.15, 0.2) is 10.9 Å². The molecule has 0 spiro atoms. The van der Waals surface area contributed by atoms with Crippen molar-refractivity contribution < 1.29 is 18.7 Å². The zero-order valence-corrected chi connectivity index (χ0v) is 18.9. The van der Waals surface area contributed by atoms with Crippen LogP contribution in [-0.2, 0) is 9.53 Å². The third-order valence-electron chi connectivity index (χ3n) is 4.72. The fourth-order valence-corrected chi connectivity index (χ4v) is 5.15. The van der Waals surface area contributed by atoms with Gasteiger partial charge >= 0.3 is 12.0 Å². The van der Waals surface area contributed by atoms with Crippen molar-refractivity contribution in [2.75, 3.05) is 29.1 Å². The highest BCUT2D eigenvalue weighted by Crippen LogP contribution is 2.32. The molecule has 0 saturated heterocycles. The molecular weight excluding hydrogens is 449 g/mol. The quantitative estimate of drug-likeness (QED) is 0.388. The van der Waals surface area contributed by atoms with Gasteiger partial charge in [0.2, 0.25) is 0 Å². The second-order valence-corrected chi connectivity index (χ2v) is 9.56. The van der Waals surface area contributed by atoms with Gasteiger partial charge in [0.25, 0.3) is 0 Å². The van der Waals surface area contributed by atoms with Crippen LogP contribution < -0.4 is 10.2 Å². The van der Waals surface area contributed by atoms with E-state index in [-0.39, 0.29) is 22.4 Å². The maximum atomic E-state index is 14.7. The van der Waals surface area contributed by atoms with Gasteiger partial charge in [-0.3, -0.25) is 15.0 Å². The summed E-state index contributed by atoms with van der Waals surface area (Å²) in [6.07, 6.45) is 5.85. The summed E-state index contributed by atoms with van der Waals surface area (Å²) in [6, 6.07) is 4.18. The molecule has 6 nitrogen and oxygen atoms in total. The molecule has 10 heteroatoms. The van der Waals surface area contributed by atoms with E-state index in [1.807, 2.05) is 0 Å². The van der Waals surface area contributed by atoms with Crippen molar-refractivity contribution in [2.24, 2.45) is 5.92 Å². The second-order valence-electron chi connectivity index (χ2n) is 6.84. The third-order valence-corrected chi connectivity index (χ3v) is 7.09. The smallest absolute Gasteiger partial charge is 0.328 e.